The predicted molar refractivity (Wildman–Crippen MR) is 59.4 cm³/mol. The summed E-state index contributed by atoms with van der Waals surface area (Å²) in [6.45, 7) is 6.32. The van der Waals surface area contributed by atoms with E-state index in [2.05, 4.69) is 19.2 Å². The normalized spacial score (nSPS) is 17.3. The molecule has 4 nitrogen and oxygen atoms in total. The zero-order valence-corrected chi connectivity index (χ0v) is 9.71. The molecule has 0 aliphatic carbocycles. The summed E-state index contributed by atoms with van der Waals surface area (Å²) in [5.41, 5.74) is 5.68. The Bertz CT molecular complexity index is 213. The number of carbonyl (C=O) groups is 1. The second kappa shape index (κ2) is 5.47. The quantitative estimate of drug-likeness (QED) is 0.682. The third-order valence-corrected chi connectivity index (χ3v) is 2.85. The highest BCUT2D eigenvalue weighted by Crippen LogP contribution is 2.25. The Kier molecular flexibility index (Phi) is 4.54. The van der Waals surface area contributed by atoms with Crippen LogP contribution in [0.15, 0.2) is 0 Å². The van der Waals surface area contributed by atoms with E-state index in [1.165, 1.54) is 0 Å². The fraction of sp³-hybridized carbons (Fsp3) is 0.909. The summed E-state index contributed by atoms with van der Waals surface area (Å²) in [6, 6.07) is 0.245. The molecule has 1 aliphatic heterocycles. The Labute approximate surface area is 91.5 Å². The highest BCUT2D eigenvalue weighted by atomic mass is 16.5. The monoisotopic (exact) mass is 214 g/mol. The van der Waals surface area contributed by atoms with E-state index in [0.717, 1.165) is 12.8 Å². The maximum Gasteiger partial charge on any atom is 0.220 e. The molecule has 1 rings (SSSR count). The lowest BCUT2D eigenvalue weighted by atomic mass is 9.84. The molecule has 1 saturated heterocycles. The number of hydrogen-bond acceptors (Lipinski definition) is 3. The van der Waals surface area contributed by atoms with E-state index in [1.54, 1.807) is 0 Å². The number of nitrogens with two attached hydrogens (primary N) is 1. The number of nitrogens with one attached hydrogen (secondary N) is 1. The van der Waals surface area contributed by atoms with Crippen LogP contribution < -0.4 is 11.1 Å². The Hall–Kier alpha value is -0.610. The first-order valence-electron chi connectivity index (χ1n) is 5.61. The standard InChI is InChI=1S/C11H22N2O2/c1-11(2,5-6-12)4-3-10(14)13-9-7-15-8-9/h9H,3-8,12H2,1-2H3,(H,13,14). The fourth-order valence-electron chi connectivity index (χ4n) is 1.59. The lowest BCUT2D eigenvalue weighted by Gasteiger charge is -2.28. The van der Waals surface area contributed by atoms with Crippen molar-refractivity contribution in [2.24, 2.45) is 11.1 Å². The van der Waals surface area contributed by atoms with Crippen LogP contribution in [0, 0.1) is 5.41 Å². The molecule has 1 fully saturated rings. The van der Waals surface area contributed by atoms with Crippen LogP contribution in [0.1, 0.15) is 33.1 Å². The van der Waals surface area contributed by atoms with Gasteiger partial charge in [0.15, 0.2) is 0 Å². The summed E-state index contributed by atoms with van der Waals surface area (Å²) < 4.78 is 4.99. The molecule has 0 unspecified atom stereocenters. The van der Waals surface area contributed by atoms with Gasteiger partial charge in [0.2, 0.25) is 5.91 Å². The van der Waals surface area contributed by atoms with Crippen molar-refractivity contribution in [2.45, 2.75) is 39.2 Å². The summed E-state index contributed by atoms with van der Waals surface area (Å²) >= 11 is 0. The van der Waals surface area contributed by atoms with Crippen molar-refractivity contribution in [1.82, 2.24) is 5.32 Å². The number of hydrogen-bond donors (Lipinski definition) is 2. The minimum Gasteiger partial charge on any atom is -0.377 e. The van der Waals surface area contributed by atoms with Gasteiger partial charge in [0.25, 0.3) is 0 Å². The van der Waals surface area contributed by atoms with Gasteiger partial charge in [-0.1, -0.05) is 13.8 Å². The van der Waals surface area contributed by atoms with Crippen molar-refractivity contribution in [2.75, 3.05) is 19.8 Å². The molecule has 0 aromatic rings. The van der Waals surface area contributed by atoms with Gasteiger partial charge in [-0.05, 0) is 24.8 Å². The maximum absolute atomic E-state index is 11.5. The molecule has 0 saturated carbocycles. The first kappa shape index (κ1) is 12.5. The third kappa shape index (κ3) is 4.62. The van der Waals surface area contributed by atoms with E-state index in [1.807, 2.05) is 0 Å². The van der Waals surface area contributed by atoms with Crippen LogP contribution in [0.4, 0.5) is 0 Å². The summed E-state index contributed by atoms with van der Waals surface area (Å²) in [6.07, 6.45) is 2.44. The zero-order chi connectivity index (χ0) is 11.3. The van der Waals surface area contributed by atoms with Gasteiger partial charge < -0.3 is 15.8 Å². The van der Waals surface area contributed by atoms with E-state index in [9.17, 15) is 4.79 Å². The molecular formula is C11H22N2O2. The molecule has 0 aromatic carbocycles. The van der Waals surface area contributed by atoms with Crippen LogP contribution in [-0.4, -0.2) is 31.7 Å². The van der Waals surface area contributed by atoms with Gasteiger partial charge in [-0.2, -0.15) is 0 Å². The third-order valence-electron chi connectivity index (χ3n) is 2.85. The van der Waals surface area contributed by atoms with Crippen LogP contribution in [0.25, 0.3) is 0 Å². The highest BCUT2D eigenvalue weighted by Gasteiger charge is 2.22. The fourth-order valence-corrected chi connectivity index (χ4v) is 1.59. The van der Waals surface area contributed by atoms with Gasteiger partial charge in [0.05, 0.1) is 19.3 Å². The Morgan fingerprint density at radius 1 is 1.47 bits per heavy atom. The van der Waals surface area contributed by atoms with Crippen molar-refractivity contribution < 1.29 is 9.53 Å². The van der Waals surface area contributed by atoms with Gasteiger partial charge >= 0.3 is 0 Å². The largest absolute Gasteiger partial charge is 0.377 e. The Balaban J connectivity index is 2.14. The lowest BCUT2D eigenvalue weighted by molar-refractivity contribution is -0.125. The average molecular weight is 214 g/mol. The van der Waals surface area contributed by atoms with E-state index < -0.39 is 0 Å². The molecular weight excluding hydrogens is 192 g/mol. The van der Waals surface area contributed by atoms with Crippen molar-refractivity contribution in [3.8, 4) is 0 Å². The Morgan fingerprint density at radius 2 is 2.13 bits per heavy atom. The van der Waals surface area contributed by atoms with Crippen molar-refractivity contribution >= 4 is 5.91 Å². The second-order valence-electron chi connectivity index (χ2n) is 5.00. The van der Waals surface area contributed by atoms with Crippen LogP contribution in [-0.2, 0) is 9.53 Å². The van der Waals surface area contributed by atoms with Gasteiger partial charge in [-0.3, -0.25) is 4.79 Å². The van der Waals surface area contributed by atoms with Gasteiger partial charge in [0, 0.05) is 6.42 Å². The minimum absolute atomic E-state index is 0.133. The minimum atomic E-state index is 0.133. The molecule has 1 amide bonds. The molecule has 88 valence electrons. The number of rotatable bonds is 6. The molecule has 3 N–H and O–H groups in total. The summed E-state index contributed by atoms with van der Waals surface area (Å²) in [5, 5.41) is 2.94. The molecule has 0 spiro atoms. The molecule has 1 heterocycles. The summed E-state index contributed by atoms with van der Waals surface area (Å²) in [4.78, 5) is 11.5. The molecule has 4 heteroatoms. The van der Waals surface area contributed by atoms with Gasteiger partial charge in [-0.15, -0.1) is 0 Å². The van der Waals surface area contributed by atoms with E-state index in [0.29, 0.717) is 26.2 Å². The van der Waals surface area contributed by atoms with Crippen molar-refractivity contribution in [1.29, 1.82) is 0 Å². The lowest BCUT2D eigenvalue weighted by Crippen LogP contribution is -2.48. The topological polar surface area (TPSA) is 64.4 Å². The van der Waals surface area contributed by atoms with Crippen LogP contribution in [0.2, 0.25) is 0 Å². The van der Waals surface area contributed by atoms with E-state index in [4.69, 9.17) is 10.5 Å². The number of carbonyl (C=O) groups excluding carboxylic acids is 1. The first-order chi connectivity index (χ1) is 7.03. The van der Waals surface area contributed by atoms with Crippen molar-refractivity contribution in [3.63, 3.8) is 0 Å². The molecule has 15 heavy (non-hydrogen) atoms. The smallest absolute Gasteiger partial charge is 0.220 e. The zero-order valence-electron chi connectivity index (χ0n) is 9.71. The molecule has 0 aromatic heterocycles. The SMILES string of the molecule is CC(C)(CCN)CCC(=O)NC1COC1. The maximum atomic E-state index is 11.5. The Morgan fingerprint density at radius 3 is 2.60 bits per heavy atom. The van der Waals surface area contributed by atoms with Crippen LogP contribution in [0.5, 0.6) is 0 Å². The van der Waals surface area contributed by atoms with Gasteiger partial charge in [-0.25, -0.2) is 0 Å². The van der Waals surface area contributed by atoms with Crippen LogP contribution >= 0.6 is 0 Å². The first-order valence-corrected chi connectivity index (χ1v) is 5.61. The molecule has 0 bridgehead atoms. The molecule has 1 aliphatic rings. The number of amides is 1. The number of ether oxygens (including phenoxy) is 1. The highest BCUT2D eigenvalue weighted by molar-refractivity contribution is 5.76. The summed E-state index contributed by atoms with van der Waals surface area (Å²) in [5.74, 6) is 0.133. The average Bonchev–Trinajstić information content (AvgIpc) is 2.08. The van der Waals surface area contributed by atoms with Gasteiger partial charge in [0.1, 0.15) is 0 Å². The second-order valence-corrected chi connectivity index (χ2v) is 5.00. The molecule has 0 radical (unpaired) electrons. The summed E-state index contributed by atoms with van der Waals surface area (Å²) in [7, 11) is 0. The van der Waals surface area contributed by atoms with E-state index >= 15 is 0 Å². The van der Waals surface area contributed by atoms with E-state index in [-0.39, 0.29) is 17.4 Å². The molecule has 0 atom stereocenters. The van der Waals surface area contributed by atoms with Crippen LogP contribution in [0.3, 0.4) is 0 Å². The predicted octanol–water partition coefficient (Wildman–Crippen LogP) is 0.657. The van der Waals surface area contributed by atoms with Crippen molar-refractivity contribution in [3.05, 3.63) is 0 Å².